The summed E-state index contributed by atoms with van der Waals surface area (Å²) in [6.07, 6.45) is 1.34. The van der Waals surface area contributed by atoms with E-state index in [9.17, 15) is 9.90 Å². The van der Waals surface area contributed by atoms with Gasteiger partial charge in [-0.05, 0) is 31.9 Å². The number of hydrogen-bond acceptors (Lipinski definition) is 4. The van der Waals surface area contributed by atoms with Crippen LogP contribution >= 0.6 is 0 Å². The van der Waals surface area contributed by atoms with Crippen LogP contribution in [0.1, 0.15) is 49.7 Å². The molecule has 114 valence electrons. The standard InChI is InChI=1S/C15H20N2O4/c1-9(2)13-12(21-8-15(3,4)20)6-5-11-10(14(18)19)7-16-17(11)13/h5-7,9,20H,8H2,1-4H3,(H,18,19). The molecule has 6 nitrogen and oxygen atoms in total. The van der Waals surface area contributed by atoms with Gasteiger partial charge in [-0.15, -0.1) is 0 Å². The zero-order valence-electron chi connectivity index (χ0n) is 12.6. The fraction of sp³-hybridized carbons (Fsp3) is 0.467. The first kappa shape index (κ1) is 15.3. The Labute approximate surface area is 123 Å². The molecule has 0 radical (unpaired) electrons. The van der Waals surface area contributed by atoms with Crippen molar-refractivity contribution in [3.8, 4) is 5.75 Å². The summed E-state index contributed by atoms with van der Waals surface area (Å²) in [4.78, 5) is 11.2. The smallest absolute Gasteiger partial charge is 0.339 e. The molecule has 2 heterocycles. The molecule has 2 aromatic heterocycles. The van der Waals surface area contributed by atoms with E-state index in [4.69, 9.17) is 9.84 Å². The molecule has 0 amide bonds. The van der Waals surface area contributed by atoms with Gasteiger partial charge in [0.25, 0.3) is 0 Å². The molecule has 6 heteroatoms. The Morgan fingerprint density at radius 2 is 2.10 bits per heavy atom. The molecule has 2 N–H and O–H groups in total. The predicted molar refractivity (Wildman–Crippen MR) is 78.0 cm³/mol. The first-order chi connectivity index (χ1) is 9.70. The van der Waals surface area contributed by atoms with Crippen LogP contribution in [-0.4, -0.2) is 38.0 Å². The van der Waals surface area contributed by atoms with Gasteiger partial charge < -0.3 is 14.9 Å². The Balaban J connectivity index is 2.52. The van der Waals surface area contributed by atoms with Crippen molar-refractivity contribution in [3.05, 3.63) is 29.6 Å². The summed E-state index contributed by atoms with van der Waals surface area (Å²) in [6, 6.07) is 3.40. The number of rotatable bonds is 5. The maximum absolute atomic E-state index is 11.2. The fourth-order valence-electron chi connectivity index (χ4n) is 2.12. The molecular formula is C15H20N2O4. The molecule has 0 atom stereocenters. The minimum atomic E-state index is -1.01. The summed E-state index contributed by atoms with van der Waals surface area (Å²) in [5, 5.41) is 23.1. The van der Waals surface area contributed by atoms with Crippen molar-refractivity contribution in [2.45, 2.75) is 39.2 Å². The van der Waals surface area contributed by atoms with Gasteiger partial charge in [0.05, 0.1) is 23.0 Å². The maximum atomic E-state index is 11.2. The molecule has 0 saturated carbocycles. The van der Waals surface area contributed by atoms with Crippen LogP contribution in [0.3, 0.4) is 0 Å². The minimum absolute atomic E-state index is 0.0899. The Morgan fingerprint density at radius 3 is 2.62 bits per heavy atom. The lowest BCUT2D eigenvalue weighted by Crippen LogP contribution is -2.28. The van der Waals surface area contributed by atoms with Gasteiger partial charge in [0.1, 0.15) is 17.9 Å². The highest BCUT2D eigenvalue weighted by Gasteiger charge is 2.20. The number of nitrogens with zero attached hydrogens (tertiary/aromatic N) is 2. The number of carboxylic acid groups (broad SMARTS) is 1. The van der Waals surface area contributed by atoms with Gasteiger partial charge in [0, 0.05) is 0 Å². The third-order valence-corrected chi connectivity index (χ3v) is 3.04. The van der Waals surface area contributed by atoms with Crippen LogP contribution in [0.2, 0.25) is 0 Å². The average molecular weight is 292 g/mol. The van der Waals surface area contributed by atoms with Gasteiger partial charge in [-0.2, -0.15) is 5.10 Å². The van der Waals surface area contributed by atoms with Crippen molar-refractivity contribution in [1.29, 1.82) is 0 Å². The molecule has 2 aromatic rings. The van der Waals surface area contributed by atoms with Crippen LogP contribution in [0.15, 0.2) is 18.3 Å². The van der Waals surface area contributed by atoms with E-state index in [0.717, 1.165) is 5.69 Å². The number of aliphatic hydroxyl groups is 1. The second kappa shape index (κ2) is 5.37. The summed E-state index contributed by atoms with van der Waals surface area (Å²) in [5.74, 6) is -0.323. The van der Waals surface area contributed by atoms with E-state index in [1.54, 1.807) is 30.5 Å². The number of carboxylic acids is 1. The number of aromatic nitrogens is 2. The van der Waals surface area contributed by atoms with Crippen molar-refractivity contribution >= 4 is 11.5 Å². The molecule has 2 rings (SSSR count). The third-order valence-electron chi connectivity index (χ3n) is 3.04. The normalized spacial score (nSPS) is 12.1. The van der Waals surface area contributed by atoms with Crippen LogP contribution in [-0.2, 0) is 0 Å². The van der Waals surface area contributed by atoms with Gasteiger partial charge in [0.2, 0.25) is 0 Å². The molecule has 0 bridgehead atoms. The maximum Gasteiger partial charge on any atom is 0.339 e. The van der Waals surface area contributed by atoms with Crippen LogP contribution < -0.4 is 4.74 Å². The van der Waals surface area contributed by atoms with Crippen molar-refractivity contribution in [1.82, 2.24) is 9.61 Å². The van der Waals surface area contributed by atoms with E-state index in [0.29, 0.717) is 11.3 Å². The minimum Gasteiger partial charge on any atom is -0.489 e. The van der Waals surface area contributed by atoms with Crippen LogP contribution in [0.25, 0.3) is 5.52 Å². The Morgan fingerprint density at radius 1 is 1.43 bits per heavy atom. The molecule has 0 aliphatic carbocycles. The fourth-order valence-corrected chi connectivity index (χ4v) is 2.12. The molecular weight excluding hydrogens is 272 g/mol. The lowest BCUT2D eigenvalue weighted by atomic mass is 10.1. The monoisotopic (exact) mass is 292 g/mol. The van der Waals surface area contributed by atoms with Gasteiger partial charge >= 0.3 is 5.97 Å². The molecule has 0 fully saturated rings. The van der Waals surface area contributed by atoms with Crippen molar-refractivity contribution in [3.63, 3.8) is 0 Å². The second-order valence-electron chi connectivity index (χ2n) is 6.00. The molecule has 0 saturated heterocycles. The number of ether oxygens (including phenoxy) is 1. The van der Waals surface area contributed by atoms with Gasteiger partial charge in [0.15, 0.2) is 0 Å². The van der Waals surface area contributed by atoms with Crippen molar-refractivity contribution in [2.24, 2.45) is 0 Å². The number of aromatic carboxylic acids is 1. The number of carbonyl (C=O) groups is 1. The summed E-state index contributed by atoms with van der Waals surface area (Å²) in [6.45, 7) is 7.43. The van der Waals surface area contributed by atoms with E-state index in [1.807, 2.05) is 13.8 Å². The van der Waals surface area contributed by atoms with Crippen molar-refractivity contribution in [2.75, 3.05) is 6.61 Å². The van der Waals surface area contributed by atoms with E-state index in [1.165, 1.54) is 6.20 Å². The number of hydrogen-bond donors (Lipinski definition) is 2. The lowest BCUT2D eigenvalue weighted by Gasteiger charge is -2.21. The van der Waals surface area contributed by atoms with Gasteiger partial charge in [-0.25, -0.2) is 9.31 Å². The molecule has 0 spiro atoms. The Bertz CT molecular complexity index is 668. The van der Waals surface area contributed by atoms with Gasteiger partial charge in [-0.3, -0.25) is 0 Å². The molecule has 0 unspecified atom stereocenters. The highest BCUT2D eigenvalue weighted by Crippen LogP contribution is 2.29. The quantitative estimate of drug-likeness (QED) is 0.883. The van der Waals surface area contributed by atoms with E-state index < -0.39 is 11.6 Å². The third kappa shape index (κ3) is 3.16. The first-order valence-electron chi connectivity index (χ1n) is 6.80. The topological polar surface area (TPSA) is 84.1 Å². The summed E-state index contributed by atoms with van der Waals surface area (Å²) < 4.78 is 7.27. The van der Waals surface area contributed by atoms with Crippen LogP contribution in [0.5, 0.6) is 5.75 Å². The first-order valence-corrected chi connectivity index (χ1v) is 6.80. The van der Waals surface area contributed by atoms with Crippen LogP contribution in [0, 0.1) is 0 Å². The Hall–Kier alpha value is -2.08. The van der Waals surface area contributed by atoms with E-state index >= 15 is 0 Å². The molecule has 21 heavy (non-hydrogen) atoms. The Kier molecular flexibility index (Phi) is 3.91. The second-order valence-corrected chi connectivity index (χ2v) is 6.00. The largest absolute Gasteiger partial charge is 0.489 e. The number of pyridine rings is 1. The molecule has 0 aliphatic heterocycles. The van der Waals surface area contributed by atoms with E-state index in [2.05, 4.69) is 5.10 Å². The average Bonchev–Trinajstić information content (AvgIpc) is 2.77. The predicted octanol–water partition coefficient (Wildman–Crippen LogP) is 2.31. The lowest BCUT2D eigenvalue weighted by molar-refractivity contribution is 0.0278. The molecule has 0 aromatic carbocycles. The number of fused-ring (bicyclic) bond motifs is 1. The highest BCUT2D eigenvalue weighted by atomic mass is 16.5. The van der Waals surface area contributed by atoms with Crippen molar-refractivity contribution < 1.29 is 19.7 Å². The zero-order chi connectivity index (χ0) is 15.8. The summed E-state index contributed by atoms with van der Waals surface area (Å²) in [5.41, 5.74) is 0.525. The summed E-state index contributed by atoms with van der Waals surface area (Å²) in [7, 11) is 0. The zero-order valence-corrected chi connectivity index (χ0v) is 12.6. The highest BCUT2D eigenvalue weighted by molar-refractivity contribution is 5.95. The van der Waals surface area contributed by atoms with Gasteiger partial charge in [-0.1, -0.05) is 13.8 Å². The van der Waals surface area contributed by atoms with Crippen LogP contribution in [0.4, 0.5) is 0 Å². The SMILES string of the molecule is CC(C)c1c(OCC(C)(C)O)ccc2c(C(=O)O)cnn12. The molecule has 0 aliphatic rings. The summed E-state index contributed by atoms with van der Waals surface area (Å²) >= 11 is 0. The van der Waals surface area contributed by atoms with E-state index in [-0.39, 0.29) is 18.1 Å².